The number of carbonyl (C=O) groups excluding carboxylic acids is 1. The average molecular weight is 404 g/mol. The average Bonchev–Trinajstić information content (AvgIpc) is 2.83. The van der Waals surface area contributed by atoms with Crippen LogP contribution in [0.25, 0.3) is 11.3 Å². The van der Waals surface area contributed by atoms with Crippen LogP contribution in [0.3, 0.4) is 0 Å². The summed E-state index contributed by atoms with van der Waals surface area (Å²) in [5, 5.41) is 0. The predicted octanol–water partition coefficient (Wildman–Crippen LogP) is 2.88. The van der Waals surface area contributed by atoms with Gasteiger partial charge in [-0.3, -0.25) is 4.79 Å². The smallest absolute Gasteiger partial charge is 0.260 e. The van der Waals surface area contributed by atoms with Crippen molar-refractivity contribution < 1.29 is 14.3 Å². The summed E-state index contributed by atoms with van der Waals surface area (Å²) >= 11 is 0. The van der Waals surface area contributed by atoms with Gasteiger partial charge in [0, 0.05) is 37.8 Å². The lowest BCUT2D eigenvalue weighted by Crippen LogP contribution is -2.50. The Morgan fingerprint density at radius 1 is 0.933 bits per heavy atom. The van der Waals surface area contributed by atoms with E-state index in [9.17, 15) is 4.79 Å². The van der Waals surface area contributed by atoms with Crippen molar-refractivity contribution in [3.63, 3.8) is 0 Å². The molecule has 1 amide bonds. The first-order chi connectivity index (χ1) is 14.7. The van der Waals surface area contributed by atoms with Crippen LogP contribution in [-0.4, -0.2) is 60.7 Å². The molecular weight excluding hydrogens is 380 g/mol. The summed E-state index contributed by atoms with van der Waals surface area (Å²) in [5.41, 5.74) is 1.96. The summed E-state index contributed by atoms with van der Waals surface area (Å²) in [6.07, 6.45) is 1.60. The molecule has 2 heterocycles. The Bertz CT molecular complexity index is 971. The Hall–Kier alpha value is -3.61. The Morgan fingerprint density at radius 3 is 2.33 bits per heavy atom. The minimum absolute atomic E-state index is 0.0156. The third-order valence-electron chi connectivity index (χ3n) is 5.10. The fourth-order valence-electron chi connectivity index (χ4n) is 3.38. The molecule has 154 valence electrons. The maximum Gasteiger partial charge on any atom is 0.260 e. The Morgan fingerprint density at radius 2 is 1.63 bits per heavy atom. The number of ether oxygens (including phenoxy) is 2. The topological polar surface area (TPSA) is 67.8 Å². The predicted molar refractivity (Wildman–Crippen MR) is 115 cm³/mol. The third kappa shape index (κ3) is 4.68. The molecule has 0 saturated carbocycles. The molecule has 30 heavy (non-hydrogen) atoms. The molecule has 7 nitrogen and oxygen atoms in total. The van der Waals surface area contributed by atoms with E-state index in [4.69, 9.17) is 9.47 Å². The number of hydrogen-bond donors (Lipinski definition) is 0. The summed E-state index contributed by atoms with van der Waals surface area (Å²) in [4.78, 5) is 25.3. The summed E-state index contributed by atoms with van der Waals surface area (Å²) < 4.78 is 10.7. The number of piperazine rings is 1. The second kappa shape index (κ2) is 9.26. The Labute approximate surface area is 175 Å². The number of rotatable bonds is 6. The van der Waals surface area contributed by atoms with Crippen molar-refractivity contribution >= 4 is 11.7 Å². The maximum absolute atomic E-state index is 12.5. The zero-order valence-electron chi connectivity index (χ0n) is 16.9. The molecule has 1 fully saturated rings. The number of nitrogens with zero attached hydrogens (tertiary/aromatic N) is 4. The lowest BCUT2D eigenvalue weighted by molar-refractivity contribution is -0.133. The standard InChI is InChI=1S/C23H24N4O3/c1-29-19-7-9-20(10-8-19)30-16-23(28)27-13-11-26(12-14-27)22-15-21(24-17-25-22)18-5-3-2-4-6-18/h2-10,15,17H,11-14,16H2,1H3. The van der Waals surface area contributed by atoms with Gasteiger partial charge in [-0.25, -0.2) is 9.97 Å². The third-order valence-corrected chi connectivity index (χ3v) is 5.10. The minimum Gasteiger partial charge on any atom is -0.497 e. The van der Waals surface area contributed by atoms with E-state index in [2.05, 4.69) is 14.9 Å². The van der Waals surface area contributed by atoms with Crippen molar-refractivity contribution in [2.24, 2.45) is 0 Å². The SMILES string of the molecule is COc1ccc(OCC(=O)N2CCN(c3cc(-c4ccccc4)ncn3)CC2)cc1. The van der Waals surface area contributed by atoms with Crippen LogP contribution in [-0.2, 0) is 4.79 Å². The molecule has 1 aromatic heterocycles. The van der Waals surface area contributed by atoms with Gasteiger partial charge in [0.1, 0.15) is 23.6 Å². The lowest BCUT2D eigenvalue weighted by Gasteiger charge is -2.35. The van der Waals surface area contributed by atoms with Crippen LogP contribution < -0.4 is 14.4 Å². The van der Waals surface area contributed by atoms with E-state index in [0.29, 0.717) is 18.8 Å². The summed E-state index contributed by atoms with van der Waals surface area (Å²) in [5.74, 6) is 2.27. The summed E-state index contributed by atoms with van der Waals surface area (Å²) in [7, 11) is 1.61. The van der Waals surface area contributed by atoms with Gasteiger partial charge in [-0.15, -0.1) is 0 Å². The van der Waals surface area contributed by atoms with E-state index in [1.807, 2.05) is 53.4 Å². The molecule has 0 aliphatic carbocycles. The highest BCUT2D eigenvalue weighted by molar-refractivity contribution is 5.78. The monoisotopic (exact) mass is 404 g/mol. The first kappa shape index (κ1) is 19.7. The van der Waals surface area contributed by atoms with Gasteiger partial charge in [-0.05, 0) is 24.3 Å². The van der Waals surface area contributed by atoms with Gasteiger partial charge in [-0.1, -0.05) is 30.3 Å². The number of carbonyl (C=O) groups is 1. The highest BCUT2D eigenvalue weighted by atomic mass is 16.5. The van der Waals surface area contributed by atoms with Crippen LogP contribution in [0.5, 0.6) is 11.5 Å². The van der Waals surface area contributed by atoms with Crippen molar-refractivity contribution in [2.75, 3.05) is 44.8 Å². The summed E-state index contributed by atoms with van der Waals surface area (Å²) in [6.45, 7) is 2.74. The second-order valence-electron chi connectivity index (χ2n) is 6.96. The number of methoxy groups -OCH3 is 1. The highest BCUT2D eigenvalue weighted by Crippen LogP contribution is 2.21. The Balaban J connectivity index is 1.30. The number of hydrogen-bond acceptors (Lipinski definition) is 6. The normalized spacial score (nSPS) is 13.8. The number of benzene rings is 2. The van der Waals surface area contributed by atoms with E-state index in [0.717, 1.165) is 35.9 Å². The molecule has 2 aromatic carbocycles. The minimum atomic E-state index is -0.0156. The van der Waals surface area contributed by atoms with Crippen molar-refractivity contribution in [1.82, 2.24) is 14.9 Å². The molecule has 4 rings (SSSR count). The lowest BCUT2D eigenvalue weighted by atomic mass is 10.1. The van der Waals surface area contributed by atoms with Crippen LogP contribution in [0.15, 0.2) is 67.0 Å². The fraction of sp³-hybridized carbons (Fsp3) is 0.261. The molecule has 0 radical (unpaired) electrons. The number of aromatic nitrogens is 2. The van der Waals surface area contributed by atoms with Crippen molar-refractivity contribution in [3.8, 4) is 22.8 Å². The molecule has 0 bridgehead atoms. The molecule has 7 heteroatoms. The highest BCUT2D eigenvalue weighted by Gasteiger charge is 2.22. The molecular formula is C23H24N4O3. The zero-order valence-corrected chi connectivity index (χ0v) is 16.9. The van der Waals surface area contributed by atoms with E-state index >= 15 is 0 Å². The molecule has 1 aliphatic heterocycles. The van der Waals surface area contributed by atoms with Crippen molar-refractivity contribution in [3.05, 3.63) is 67.0 Å². The zero-order chi connectivity index (χ0) is 20.8. The van der Waals surface area contributed by atoms with Crippen molar-refractivity contribution in [1.29, 1.82) is 0 Å². The van der Waals surface area contributed by atoms with Gasteiger partial charge in [0.2, 0.25) is 0 Å². The molecule has 0 atom stereocenters. The largest absolute Gasteiger partial charge is 0.497 e. The van der Waals surface area contributed by atoms with Gasteiger partial charge < -0.3 is 19.3 Å². The van der Waals surface area contributed by atoms with Crippen LogP contribution in [0.4, 0.5) is 5.82 Å². The van der Waals surface area contributed by atoms with E-state index in [-0.39, 0.29) is 12.5 Å². The van der Waals surface area contributed by atoms with E-state index < -0.39 is 0 Å². The fourth-order valence-corrected chi connectivity index (χ4v) is 3.38. The molecule has 0 unspecified atom stereocenters. The quantitative estimate of drug-likeness (QED) is 0.629. The van der Waals surface area contributed by atoms with Crippen molar-refractivity contribution in [2.45, 2.75) is 0 Å². The first-order valence-corrected chi connectivity index (χ1v) is 9.90. The van der Waals surface area contributed by atoms with Crippen LogP contribution in [0.2, 0.25) is 0 Å². The van der Waals surface area contributed by atoms with E-state index in [1.54, 1.807) is 25.6 Å². The molecule has 0 spiro atoms. The Kier molecular flexibility index (Phi) is 6.08. The van der Waals surface area contributed by atoms with Gasteiger partial charge in [0.25, 0.3) is 5.91 Å². The molecule has 3 aromatic rings. The van der Waals surface area contributed by atoms with Gasteiger partial charge in [0.05, 0.1) is 12.8 Å². The maximum atomic E-state index is 12.5. The first-order valence-electron chi connectivity index (χ1n) is 9.90. The van der Waals surface area contributed by atoms with Gasteiger partial charge in [0.15, 0.2) is 6.61 Å². The van der Waals surface area contributed by atoms with Gasteiger partial charge in [-0.2, -0.15) is 0 Å². The van der Waals surface area contributed by atoms with Crippen LogP contribution in [0.1, 0.15) is 0 Å². The second-order valence-corrected chi connectivity index (χ2v) is 6.96. The molecule has 1 saturated heterocycles. The molecule has 0 N–H and O–H groups in total. The number of amides is 1. The van der Waals surface area contributed by atoms with Crippen LogP contribution in [0, 0.1) is 0 Å². The van der Waals surface area contributed by atoms with E-state index in [1.165, 1.54) is 0 Å². The number of anilines is 1. The van der Waals surface area contributed by atoms with Gasteiger partial charge >= 0.3 is 0 Å². The summed E-state index contributed by atoms with van der Waals surface area (Å²) in [6, 6.07) is 19.3. The molecule has 1 aliphatic rings. The van der Waals surface area contributed by atoms with Crippen LogP contribution >= 0.6 is 0 Å².